The van der Waals surface area contributed by atoms with Gasteiger partial charge in [-0.15, -0.1) is 0 Å². The first kappa shape index (κ1) is 25.7. The molecule has 2 aromatic rings. The SMILES string of the molecule is COCCOC(=O)CC1COc2cc(NC(=O)c3ccc(/C=N/N4CCN(C)CC4)cc3)ccc2C1. The maximum Gasteiger partial charge on any atom is 0.306 e. The summed E-state index contributed by atoms with van der Waals surface area (Å²) in [4.78, 5) is 27.0. The number of carbonyl (C=O) groups is 2. The third-order valence-corrected chi connectivity index (χ3v) is 6.34. The second kappa shape index (κ2) is 12.5. The molecular weight excluding hydrogens is 460 g/mol. The fraction of sp³-hybridized carbons (Fsp3) is 0.444. The number of hydrazone groups is 1. The fourth-order valence-corrected chi connectivity index (χ4v) is 4.16. The fourth-order valence-electron chi connectivity index (χ4n) is 4.16. The molecule has 1 N–H and O–H groups in total. The standard InChI is InChI=1S/C27H34N4O5/c1-30-9-11-31(12-10-30)28-18-20-3-5-22(6-4-20)27(33)29-24-8-7-23-15-21(19-36-25(23)17-24)16-26(32)35-14-13-34-2/h3-8,17-18,21H,9-16,19H2,1-2H3,(H,29,33)/b28-18+. The van der Waals surface area contributed by atoms with Gasteiger partial charge in [-0.1, -0.05) is 18.2 Å². The number of hydrogen-bond acceptors (Lipinski definition) is 8. The van der Waals surface area contributed by atoms with Crippen molar-refractivity contribution in [2.45, 2.75) is 12.8 Å². The normalized spacial score (nSPS) is 17.9. The van der Waals surface area contributed by atoms with E-state index < -0.39 is 0 Å². The van der Waals surface area contributed by atoms with Crippen LogP contribution in [-0.4, -0.2) is 88.2 Å². The maximum atomic E-state index is 12.8. The van der Waals surface area contributed by atoms with Gasteiger partial charge in [-0.25, -0.2) is 0 Å². The summed E-state index contributed by atoms with van der Waals surface area (Å²) in [5, 5.41) is 9.55. The topological polar surface area (TPSA) is 92.7 Å². The van der Waals surface area contributed by atoms with Crippen LogP contribution in [0.1, 0.15) is 27.9 Å². The van der Waals surface area contributed by atoms with Gasteiger partial charge in [0.15, 0.2) is 0 Å². The number of fused-ring (bicyclic) bond motifs is 1. The third kappa shape index (κ3) is 7.29. The number of nitrogens with zero attached hydrogens (tertiary/aromatic N) is 3. The van der Waals surface area contributed by atoms with E-state index in [4.69, 9.17) is 14.2 Å². The van der Waals surface area contributed by atoms with E-state index in [1.54, 1.807) is 19.2 Å². The lowest BCUT2D eigenvalue weighted by Crippen LogP contribution is -2.41. The van der Waals surface area contributed by atoms with Crippen molar-refractivity contribution in [3.05, 3.63) is 59.2 Å². The monoisotopic (exact) mass is 494 g/mol. The van der Waals surface area contributed by atoms with E-state index in [0.717, 1.165) is 49.5 Å². The Hall–Kier alpha value is -3.43. The second-order valence-electron chi connectivity index (χ2n) is 9.20. The quantitative estimate of drug-likeness (QED) is 0.326. The van der Waals surface area contributed by atoms with Crippen molar-refractivity contribution in [3.63, 3.8) is 0 Å². The molecule has 1 atom stereocenters. The number of likely N-dealkylation sites (N-methyl/N-ethyl adjacent to an activating group) is 1. The molecule has 1 saturated heterocycles. The van der Waals surface area contributed by atoms with E-state index in [1.807, 2.05) is 36.5 Å². The molecule has 2 aliphatic rings. The van der Waals surface area contributed by atoms with Gasteiger partial charge in [0.1, 0.15) is 12.4 Å². The van der Waals surface area contributed by atoms with E-state index in [2.05, 4.69) is 27.4 Å². The van der Waals surface area contributed by atoms with Crippen molar-refractivity contribution in [2.24, 2.45) is 11.0 Å². The highest BCUT2D eigenvalue weighted by atomic mass is 16.6. The van der Waals surface area contributed by atoms with Crippen LogP contribution in [0.3, 0.4) is 0 Å². The molecule has 1 amide bonds. The zero-order chi connectivity index (χ0) is 25.3. The van der Waals surface area contributed by atoms with Crippen LogP contribution in [0.4, 0.5) is 5.69 Å². The van der Waals surface area contributed by atoms with Crippen LogP contribution < -0.4 is 10.1 Å². The molecular formula is C27H34N4O5. The second-order valence-corrected chi connectivity index (χ2v) is 9.20. The maximum absolute atomic E-state index is 12.8. The van der Waals surface area contributed by atoms with Crippen LogP contribution in [0, 0.1) is 5.92 Å². The Morgan fingerprint density at radius 1 is 1.11 bits per heavy atom. The van der Waals surface area contributed by atoms with Gasteiger partial charge in [0.05, 0.1) is 25.8 Å². The summed E-state index contributed by atoms with van der Waals surface area (Å²) in [5.74, 6) is 0.355. The van der Waals surface area contributed by atoms with Crippen LogP contribution in [0.5, 0.6) is 5.75 Å². The molecule has 36 heavy (non-hydrogen) atoms. The summed E-state index contributed by atoms with van der Waals surface area (Å²) in [6.45, 7) is 4.93. The van der Waals surface area contributed by atoms with Gasteiger partial charge in [-0.3, -0.25) is 14.6 Å². The molecule has 0 radical (unpaired) electrons. The van der Waals surface area contributed by atoms with Crippen molar-refractivity contribution in [1.29, 1.82) is 0 Å². The molecule has 9 heteroatoms. The average Bonchev–Trinajstić information content (AvgIpc) is 2.89. The first-order valence-electron chi connectivity index (χ1n) is 12.3. The molecule has 4 rings (SSSR count). The van der Waals surface area contributed by atoms with Crippen molar-refractivity contribution in [1.82, 2.24) is 9.91 Å². The van der Waals surface area contributed by atoms with Gasteiger partial charge in [0, 0.05) is 56.5 Å². The third-order valence-electron chi connectivity index (χ3n) is 6.34. The molecule has 1 unspecified atom stereocenters. The predicted molar refractivity (Wildman–Crippen MR) is 138 cm³/mol. The Bertz CT molecular complexity index is 1060. The van der Waals surface area contributed by atoms with Gasteiger partial charge >= 0.3 is 5.97 Å². The largest absolute Gasteiger partial charge is 0.493 e. The molecule has 0 aromatic heterocycles. The highest BCUT2D eigenvalue weighted by Crippen LogP contribution is 2.31. The molecule has 0 saturated carbocycles. The predicted octanol–water partition coefficient (Wildman–Crippen LogP) is 2.65. The summed E-state index contributed by atoms with van der Waals surface area (Å²) in [5.41, 5.74) is 3.19. The number of nitrogens with one attached hydrogen (secondary N) is 1. The number of carbonyl (C=O) groups excluding carboxylic acids is 2. The minimum atomic E-state index is -0.246. The number of amides is 1. The Morgan fingerprint density at radius 3 is 2.64 bits per heavy atom. The molecule has 1 fully saturated rings. The molecule has 9 nitrogen and oxygen atoms in total. The number of rotatable bonds is 9. The minimum absolute atomic E-state index is 0.0614. The van der Waals surface area contributed by atoms with Crippen molar-refractivity contribution in [3.8, 4) is 5.75 Å². The lowest BCUT2D eigenvalue weighted by atomic mass is 9.94. The van der Waals surface area contributed by atoms with Gasteiger partial charge < -0.3 is 24.4 Å². The summed E-state index contributed by atoms with van der Waals surface area (Å²) in [6, 6.07) is 13.0. The smallest absolute Gasteiger partial charge is 0.306 e. The number of esters is 1. The molecule has 0 bridgehead atoms. The van der Waals surface area contributed by atoms with Crippen LogP contribution in [-0.2, 0) is 20.7 Å². The number of hydrogen-bond donors (Lipinski definition) is 1. The van der Waals surface area contributed by atoms with E-state index in [9.17, 15) is 9.59 Å². The molecule has 2 aliphatic heterocycles. The van der Waals surface area contributed by atoms with Gasteiger partial charge in [-0.05, 0) is 42.8 Å². The molecule has 2 heterocycles. The molecule has 192 valence electrons. The molecule has 0 aliphatic carbocycles. The summed E-state index contributed by atoms with van der Waals surface area (Å²) >= 11 is 0. The Morgan fingerprint density at radius 2 is 1.89 bits per heavy atom. The van der Waals surface area contributed by atoms with Crippen molar-refractivity contribution >= 4 is 23.8 Å². The van der Waals surface area contributed by atoms with E-state index in [1.165, 1.54) is 0 Å². The first-order valence-corrected chi connectivity index (χ1v) is 12.3. The highest BCUT2D eigenvalue weighted by Gasteiger charge is 2.23. The van der Waals surface area contributed by atoms with Gasteiger partial charge in [0.25, 0.3) is 5.91 Å². The van der Waals surface area contributed by atoms with E-state index in [0.29, 0.717) is 30.9 Å². The summed E-state index contributed by atoms with van der Waals surface area (Å²) in [6.07, 6.45) is 2.86. The highest BCUT2D eigenvalue weighted by molar-refractivity contribution is 6.04. The van der Waals surface area contributed by atoms with Crippen molar-refractivity contribution in [2.75, 3.05) is 65.5 Å². The number of ether oxygens (including phenoxy) is 3. The lowest BCUT2D eigenvalue weighted by Gasteiger charge is -2.30. The number of piperazine rings is 1. The number of methoxy groups -OCH3 is 1. The minimum Gasteiger partial charge on any atom is -0.493 e. The lowest BCUT2D eigenvalue weighted by molar-refractivity contribution is -0.146. The Kier molecular flexibility index (Phi) is 8.91. The van der Waals surface area contributed by atoms with E-state index >= 15 is 0 Å². The summed E-state index contributed by atoms with van der Waals surface area (Å²) in [7, 11) is 3.68. The van der Waals surface area contributed by atoms with Crippen LogP contribution in [0.15, 0.2) is 47.6 Å². The van der Waals surface area contributed by atoms with Crippen LogP contribution >= 0.6 is 0 Å². The van der Waals surface area contributed by atoms with E-state index in [-0.39, 0.29) is 24.4 Å². The Labute approximate surface area is 212 Å². The average molecular weight is 495 g/mol. The summed E-state index contributed by atoms with van der Waals surface area (Å²) < 4.78 is 15.9. The van der Waals surface area contributed by atoms with Crippen molar-refractivity contribution < 1.29 is 23.8 Å². The zero-order valence-electron chi connectivity index (χ0n) is 20.9. The molecule has 2 aromatic carbocycles. The zero-order valence-corrected chi connectivity index (χ0v) is 20.9. The van der Waals surface area contributed by atoms with Gasteiger partial charge in [0.2, 0.25) is 0 Å². The molecule has 0 spiro atoms. The van der Waals surface area contributed by atoms with Crippen LogP contribution in [0.25, 0.3) is 0 Å². The first-order chi connectivity index (χ1) is 17.5. The van der Waals surface area contributed by atoms with Crippen LogP contribution in [0.2, 0.25) is 0 Å². The Balaban J connectivity index is 1.28. The number of anilines is 1. The number of benzene rings is 2. The van der Waals surface area contributed by atoms with Gasteiger partial charge in [-0.2, -0.15) is 5.10 Å².